The van der Waals surface area contributed by atoms with Crippen LogP contribution in [0.4, 0.5) is 5.82 Å². The van der Waals surface area contributed by atoms with E-state index in [1.54, 1.807) is 11.8 Å². The molecule has 5 heteroatoms. The molecule has 0 aliphatic carbocycles. The van der Waals surface area contributed by atoms with Crippen LogP contribution in [-0.2, 0) is 5.75 Å². The molecule has 0 spiro atoms. The molecule has 0 aromatic carbocycles. The second-order valence-electron chi connectivity index (χ2n) is 3.62. The molecule has 0 saturated heterocycles. The zero-order valence-electron chi connectivity index (χ0n) is 10.1. The number of hydrogen-bond donors (Lipinski definition) is 1. The number of pyridine rings is 2. The van der Waals surface area contributed by atoms with Crippen molar-refractivity contribution < 1.29 is 0 Å². The van der Waals surface area contributed by atoms with Gasteiger partial charge in [0.05, 0.1) is 0 Å². The van der Waals surface area contributed by atoms with Gasteiger partial charge >= 0.3 is 0 Å². The molecule has 2 rings (SSSR count). The third kappa shape index (κ3) is 3.46. The Bertz CT molecular complexity index is 519. The van der Waals surface area contributed by atoms with E-state index in [0.29, 0.717) is 0 Å². The maximum atomic E-state index is 4.35. The van der Waals surface area contributed by atoms with E-state index in [1.165, 1.54) is 5.56 Å². The van der Waals surface area contributed by atoms with Crippen molar-refractivity contribution in [2.75, 3.05) is 11.9 Å². The Morgan fingerprint density at radius 2 is 2.00 bits per heavy atom. The fraction of sp³-hybridized carbons (Fsp3) is 0.231. The van der Waals surface area contributed by atoms with E-state index >= 15 is 0 Å². The molecule has 2 heterocycles. The second kappa shape index (κ2) is 6.75. The number of anilines is 1. The number of halogens is 1. The summed E-state index contributed by atoms with van der Waals surface area (Å²) in [5, 5.41) is 4.27. The maximum Gasteiger partial charge on any atom is 0.129 e. The van der Waals surface area contributed by atoms with Gasteiger partial charge in [0.25, 0.3) is 0 Å². The molecular formula is C13H14BrN3S. The zero-order valence-corrected chi connectivity index (χ0v) is 12.5. The van der Waals surface area contributed by atoms with Gasteiger partial charge in [-0.25, -0.2) is 9.97 Å². The van der Waals surface area contributed by atoms with E-state index in [-0.39, 0.29) is 0 Å². The number of nitrogens with zero attached hydrogens (tertiary/aromatic N) is 2. The molecule has 18 heavy (non-hydrogen) atoms. The predicted molar refractivity (Wildman–Crippen MR) is 79.9 cm³/mol. The van der Waals surface area contributed by atoms with Crippen molar-refractivity contribution >= 4 is 33.5 Å². The van der Waals surface area contributed by atoms with Crippen LogP contribution >= 0.6 is 27.7 Å². The molecule has 0 unspecified atom stereocenters. The smallest absolute Gasteiger partial charge is 0.129 e. The summed E-state index contributed by atoms with van der Waals surface area (Å²) in [6.45, 7) is 2.95. The highest BCUT2D eigenvalue weighted by Crippen LogP contribution is 2.29. The Labute approximate surface area is 120 Å². The highest BCUT2D eigenvalue weighted by Gasteiger charge is 2.05. The fourth-order valence-corrected chi connectivity index (χ4v) is 2.97. The lowest BCUT2D eigenvalue weighted by Crippen LogP contribution is -2.02. The van der Waals surface area contributed by atoms with E-state index in [1.807, 2.05) is 30.6 Å². The van der Waals surface area contributed by atoms with Crippen molar-refractivity contribution in [2.24, 2.45) is 0 Å². The molecule has 2 aromatic rings. The van der Waals surface area contributed by atoms with Gasteiger partial charge < -0.3 is 5.32 Å². The summed E-state index contributed by atoms with van der Waals surface area (Å²) >= 11 is 5.21. The third-order valence-corrected chi connectivity index (χ3v) is 4.28. The topological polar surface area (TPSA) is 37.8 Å². The lowest BCUT2D eigenvalue weighted by atomic mass is 10.3. The molecule has 0 atom stereocenters. The van der Waals surface area contributed by atoms with Crippen LogP contribution < -0.4 is 5.32 Å². The summed E-state index contributed by atoms with van der Waals surface area (Å²) < 4.78 is 1.03. The van der Waals surface area contributed by atoms with Gasteiger partial charge in [0.2, 0.25) is 0 Å². The van der Waals surface area contributed by atoms with Gasteiger partial charge in [0.15, 0.2) is 0 Å². The van der Waals surface area contributed by atoms with Gasteiger partial charge in [0, 0.05) is 34.7 Å². The molecule has 1 N–H and O–H groups in total. The van der Waals surface area contributed by atoms with Gasteiger partial charge in [-0.1, -0.05) is 6.07 Å². The molecule has 0 saturated carbocycles. The minimum absolute atomic E-state index is 0.853. The number of rotatable bonds is 5. The Morgan fingerprint density at radius 1 is 1.22 bits per heavy atom. The average Bonchev–Trinajstić information content (AvgIpc) is 2.40. The van der Waals surface area contributed by atoms with Crippen LogP contribution in [0.25, 0.3) is 0 Å². The van der Waals surface area contributed by atoms with E-state index in [9.17, 15) is 0 Å². The molecule has 0 bridgehead atoms. The Morgan fingerprint density at radius 3 is 2.78 bits per heavy atom. The van der Waals surface area contributed by atoms with Gasteiger partial charge in [-0.15, -0.1) is 11.8 Å². The molecule has 3 nitrogen and oxygen atoms in total. The van der Waals surface area contributed by atoms with Crippen LogP contribution in [0.5, 0.6) is 0 Å². The first-order valence-electron chi connectivity index (χ1n) is 5.72. The standard InChI is InChI=1S/C13H14BrN3S/c1-2-15-12-10(5-3-7-16-12)9-18-13-11(14)6-4-8-17-13/h3-8H,2,9H2,1H3,(H,15,16). The lowest BCUT2D eigenvalue weighted by molar-refractivity contribution is 1.10. The third-order valence-electron chi connectivity index (χ3n) is 2.32. The van der Waals surface area contributed by atoms with Gasteiger partial charge in [-0.3, -0.25) is 0 Å². The van der Waals surface area contributed by atoms with Crippen LogP contribution in [0.2, 0.25) is 0 Å². The van der Waals surface area contributed by atoms with Crippen molar-refractivity contribution in [3.8, 4) is 0 Å². The Balaban J connectivity index is 2.08. The van der Waals surface area contributed by atoms with E-state index in [2.05, 4.69) is 44.2 Å². The minimum atomic E-state index is 0.853. The van der Waals surface area contributed by atoms with Crippen LogP contribution in [0.1, 0.15) is 12.5 Å². The van der Waals surface area contributed by atoms with Crippen molar-refractivity contribution in [3.05, 3.63) is 46.7 Å². The van der Waals surface area contributed by atoms with Crippen molar-refractivity contribution in [1.82, 2.24) is 9.97 Å². The van der Waals surface area contributed by atoms with Gasteiger partial charge in [-0.05, 0) is 41.1 Å². The average molecular weight is 324 g/mol. The second-order valence-corrected chi connectivity index (χ2v) is 5.44. The van der Waals surface area contributed by atoms with Crippen molar-refractivity contribution in [1.29, 1.82) is 0 Å². The van der Waals surface area contributed by atoms with Crippen LogP contribution in [-0.4, -0.2) is 16.5 Å². The van der Waals surface area contributed by atoms with E-state index in [4.69, 9.17) is 0 Å². The normalized spacial score (nSPS) is 10.3. The van der Waals surface area contributed by atoms with Crippen LogP contribution in [0.15, 0.2) is 46.2 Å². The zero-order chi connectivity index (χ0) is 12.8. The highest BCUT2D eigenvalue weighted by atomic mass is 79.9. The number of thioether (sulfide) groups is 1. The monoisotopic (exact) mass is 323 g/mol. The minimum Gasteiger partial charge on any atom is -0.370 e. The predicted octanol–water partition coefficient (Wildman–Crippen LogP) is 3.96. The molecular weight excluding hydrogens is 310 g/mol. The largest absolute Gasteiger partial charge is 0.370 e. The summed E-state index contributed by atoms with van der Waals surface area (Å²) in [5.74, 6) is 1.81. The molecule has 0 radical (unpaired) electrons. The fourth-order valence-electron chi connectivity index (χ4n) is 1.51. The van der Waals surface area contributed by atoms with Crippen LogP contribution in [0, 0.1) is 0 Å². The SMILES string of the molecule is CCNc1ncccc1CSc1ncccc1Br. The first-order valence-corrected chi connectivity index (χ1v) is 7.50. The molecule has 0 fully saturated rings. The number of hydrogen-bond acceptors (Lipinski definition) is 4. The van der Waals surface area contributed by atoms with Gasteiger partial charge in [-0.2, -0.15) is 0 Å². The molecule has 0 aliphatic rings. The Kier molecular flexibility index (Phi) is 5.01. The first kappa shape index (κ1) is 13.4. The van der Waals surface area contributed by atoms with E-state index < -0.39 is 0 Å². The summed E-state index contributed by atoms with van der Waals surface area (Å²) in [7, 11) is 0. The quantitative estimate of drug-likeness (QED) is 0.845. The van der Waals surface area contributed by atoms with E-state index in [0.717, 1.165) is 27.6 Å². The molecule has 94 valence electrons. The summed E-state index contributed by atoms with van der Waals surface area (Å²) in [6.07, 6.45) is 3.62. The number of aromatic nitrogens is 2. The van der Waals surface area contributed by atoms with Crippen LogP contribution in [0.3, 0.4) is 0 Å². The maximum absolute atomic E-state index is 4.35. The molecule has 0 aliphatic heterocycles. The molecule has 2 aromatic heterocycles. The lowest BCUT2D eigenvalue weighted by Gasteiger charge is -2.09. The van der Waals surface area contributed by atoms with Gasteiger partial charge in [0.1, 0.15) is 10.8 Å². The Hall–Kier alpha value is -1.07. The van der Waals surface area contributed by atoms with Crippen molar-refractivity contribution in [3.63, 3.8) is 0 Å². The summed E-state index contributed by atoms with van der Waals surface area (Å²) in [6, 6.07) is 7.98. The van der Waals surface area contributed by atoms with Crippen molar-refractivity contribution in [2.45, 2.75) is 17.7 Å². The summed E-state index contributed by atoms with van der Waals surface area (Å²) in [5.41, 5.74) is 1.20. The summed E-state index contributed by atoms with van der Waals surface area (Å²) in [4.78, 5) is 8.69. The molecule has 0 amide bonds. The highest BCUT2D eigenvalue weighted by molar-refractivity contribution is 9.10. The number of nitrogens with one attached hydrogen (secondary N) is 1. The first-order chi connectivity index (χ1) is 8.81.